The normalized spacial score (nSPS) is 18.6. The van der Waals surface area contributed by atoms with Crippen LogP contribution in [0, 0.1) is 5.41 Å². The third kappa shape index (κ3) is 4.19. The van der Waals surface area contributed by atoms with Crippen LogP contribution in [0.1, 0.15) is 25.7 Å². The Kier molecular flexibility index (Phi) is 4.83. The number of carbonyl (C=O) groups excluding carboxylic acids is 1. The zero-order chi connectivity index (χ0) is 17.8. The van der Waals surface area contributed by atoms with Gasteiger partial charge in [-0.1, -0.05) is 0 Å². The maximum atomic E-state index is 12.1. The SMILES string of the molecule is O=C(COc1ccc(-n2cnnn2)cc1)NCC1(CN2CCCC2)CC1. The monoisotopic (exact) mass is 356 g/mol. The summed E-state index contributed by atoms with van der Waals surface area (Å²) in [6, 6.07) is 7.30. The van der Waals surface area contributed by atoms with Gasteiger partial charge in [-0.15, -0.1) is 5.10 Å². The van der Waals surface area contributed by atoms with Crippen molar-refractivity contribution < 1.29 is 9.53 Å². The number of hydrogen-bond acceptors (Lipinski definition) is 6. The molecule has 1 amide bonds. The Balaban J connectivity index is 1.20. The molecule has 138 valence electrons. The van der Waals surface area contributed by atoms with Crippen LogP contribution in [-0.2, 0) is 4.79 Å². The summed E-state index contributed by atoms with van der Waals surface area (Å²) >= 11 is 0. The Morgan fingerprint density at radius 3 is 2.62 bits per heavy atom. The molecule has 2 heterocycles. The fourth-order valence-corrected chi connectivity index (χ4v) is 3.44. The zero-order valence-corrected chi connectivity index (χ0v) is 14.8. The van der Waals surface area contributed by atoms with Crippen molar-refractivity contribution in [3.8, 4) is 11.4 Å². The molecular formula is C18H24N6O2. The van der Waals surface area contributed by atoms with Gasteiger partial charge < -0.3 is 15.0 Å². The molecule has 26 heavy (non-hydrogen) atoms. The molecule has 1 saturated heterocycles. The largest absolute Gasteiger partial charge is 0.484 e. The summed E-state index contributed by atoms with van der Waals surface area (Å²) in [6.07, 6.45) is 6.57. The lowest BCUT2D eigenvalue weighted by atomic mass is 10.1. The van der Waals surface area contributed by atoms with E-state index in [9.17, 15) is 4.79 Å². The van der Waals surface area contributed by atoms with E-state index in [1.54, 1.807) is 16.8 Å². The van der Waals surface area contributed by atoms with E-state index in [0.29, 0.717) is 11.2 Å². The molecule has 1 aliphatic heterocycles. The summed E-state index contributed by atoms with van der Waals surface area (Å²) in [5.41, 5.74) is 1.14. The molecule has 0 radical (unpaired) electrons. The third-order valence-electron chi connectivity index (χ3n) is 5.20. The van der Waals surface area contributed by atoms with Crippen molar-refractivity contribution in [1.29, 1.82) is 0 Å². The number of nitrogens with zero attached hydrogens (tertiary/aromatic N) is 5. The number of nitrogens with one attached hydrogen (secondary N) is 1. The van der Waals surface area contributed by atoms with Crippen LogP contribution >= 0.6 is 0 Å². The first-order valence-corrected chi connectivity index (χ1v) is 9.18. The number of likely N-dealkylation sites (tertiary alicyclic amines) is 1. The smallest absolute Gasteiger partial charge is 0.257 e. The van der Waals surface area contributed by atoms with Crippen LogP contribution in [0.4, 0.5) is 0 Å². The maximum Gasteiger partial charge on any atom is 0.257 e. The van der Waals surface area contributed by atoms with Gasteiger partial charge in [0, 0.05) is 18.5 Å². The predicted molar refractivity (Wildman–Crippen MR) is 95.0 cm³/mol. The number of hydrogen-bond donors (Lipinski definition) is 1. The van der Waals surface area contributed by atoms with Gasteiger partial charge in [0.2, 0.25) is 0 Å². The van der Waals surface area contributed by atoms with Gasteiger partial charge in [-0.3, -0.25) is 4.79 Å². The molecule has 2 aliphatic rings. The molecular weight excluding hydrogens is 332 g/mol. The number of carbonyl (C=O) groups is 1. The summed E-state index contributed by atoms with van der Waals surface area (Å²) in [6.45, 7) is 4.32. The van der Waals surface area contributed by atoms with E-state index in [1.807, 2.05) is 12.1 Å². The Hall–Kier alpha value is -2.48. The standard InChI is InChI=1S/C18H24N6O2/c25-17(19-12-18(7-8-18)13-23-9-1-2-10-23)11-26-16-5-3-15(4-6-16)24-14-20-21-22-24/h3-6,14H,1-2,7-13H2,(H,19,25). The van der Waals surface area contributed by atoms with Gasteiger partial charge in [0.05, 0.1) is 5.69 Å². The highest BCUT2D eigenvalue weighted by atomic mass is 16.5. The molecule has 0 unspecified atom stereocenters. The van der Waals surface area contributed by atoms with Gasteiger partial charge in [-0.05, 0) is 73.5 Å². The molecule has 8 heteroatoms. The summed E-state index contributed by atoms with van der Waals surface area (Å²) in [5, 5.41) is 14.1. The molecule has 0 spiro atoms. The molecule has 2 aromatic rings. The molecule has 1 aromatic carbocycles. The number of amides is 1. The summed E-state index contributed by atoms with van der Waals surface area (Å²) < 4.78 is 7.14. The van der Waals surface area contributed by atoms with E-state index in [-0.39, 0.29) is 12.5 Å². The van der Waals surface area contributed by atoms with Crippen LogP contribution < -0.4 is 10.1 Å². The Labute approximate surface area is 152 Å². The lowest BCUT2D eigenvalue weighted by Gasteiger charge is -2.23. The van der Waals surface area contributed by atoms with Gasteiger partial charge in [-0.2, -0.15) is 0 Å². The molecule has 8 nitrogen and oxygen atoms in total. The van der Waals surface area contributed by atoms with E-state index in [1.165, 1.54) is 45.1 Å². The Morgan fingerprint density at radius 1 is 1.19 bits per heavy atom. The van der Waals surface area contributed by atoms with Crippen molar-refractivity contribution in [2.45, 2.75) is 25.7 Å². The first-order valence-electron chi connectivity index (χ1n) is 9.18. The zero-order valence-electron chi connectivity index (χ0n) is 14.8. The van der Waals surface area contributed by atoms with E-state index in [2.05, 4.69) is 25.7 Å². The van der Waals surface area contributed by atoms with Crippen LogP contribution in [0.25, 0.3) is 5.69 Å². The predicted octanol–water partition coefficient (Wildman–Crippen LogP) is 1.03. The molecule has 1 aromatic heterocycles. The highest BCUT2D eigenvalue weighted by Crippen LogP contribution is 2.46. The first-order chi connectivity index (χ1) is 12.7. The second-order valence-electron chi connectivity index (χ2n) is 7.30. The molecule has 4 rings (SSSR count). The molecule has 2 fully saturated rings. The van der Waals surface area contributed by atoms with Crippen LogP contribution in [0.2, 0.25) is 0 Å². The van der Waals surface area contributed by atoms with Crippen LogP contribution in [0.3, 0.4) is 0 Å². The van der Waals surface area contributed by atoms with Crippen molar-refractivity contribution >= 4 is 5.91 Å². The molecule has 1 aliphatic carbocycles. The molecule has 1 saturated carbocycles. The number of aromatic nitrogens is 4. The van der Waals surface area contributed by atoms with Gasteiger partial charge in [0.1, 0.15) is 12.1 Å². The van der Waals surface area contributed by atoms with Crippen molar-refractivity contribution in [3.63, 3.8) is 0 Å². The van der Waals surface area contributed by atoms with E-state index < -0.39 is 0 Å². The number of ether oxygens (including phenoxy) is 1. The van der Waals surface area contributed by atoms with E-state index in [4.69, 9.17) is 4.74 Å². The minimum absolute atomic E-state index is 0.0318. The van der Waals surface area contributed by atoms with Crippen molar-refractivity contribution in [1.82, 2.24) is 30.4 Å². The molecule has 0 atom stereocenters. The Bertz CT molecular complexity index is 721. The van der Waals surface area contributed by atoms with Gasteiger partial charge in [0.15, 0.2) is 6.61 Å². The number of benzene rings is 1. The summed E-state index contributed by atoms with van der Waals surface area (Å²) in [7, 11) is 0. The minimum Gasteiger partial charge on any atom is -0.484 e. The summed E-state index contributed by atoms with van der Waals surface area (Å²) in [4.78, 5) is 14.6. The van der Waals surface area contributed by atoms with Gasteiger partial charge in [-0.25, -0.2) is 4.68 Å². The first kappa shape index (κ1) is 17.0. The highest BCUT2D eigenvalue weighted by Gasteiger charge is 2.44. The average molecular weight is 356 g/mol. The molecule has 1 N–H and O–H groups in total. The maximum absolute atomic E-state index is 12.1. The van der Waals surface area contributed by atoms with E-state index >= 15 is 0 Å². The highest BCUT2D eigenvalue weighted by molar-refractivity contribution is 5.77. The fourth-order valence-electron chi connectivity index (χ4n) is 3.44. The lowest BCUT2D eigenvalue weighted by molar-refractivity contribution is -0.123. The molecule has 0 bridgehead atoms. The second-order valence-corrected chi connectivity index (χ2v) is 7.30. The summed E-state index contributed by atoms with van der Waals surface area (Å²) in [5.74, 6) is 0.581. The fraction of sp³-hybridized carbons (Fsp3) is 0.556. The van der Waals surface area contributed by atoms with Crippen LogP contribution in [-0.4, -0.2) is 63.8 Å². The second kappa shape index (κ2) is 7.41. The van der Waals surface area contributed by atoms with Gasteiger partial charge in [0.25, 0.3) is 5.91 Å². The topological polar surface area (TPSA) is 85.2 Å². The van der Waals surface area contributed by atoms with Crippen molar-refractivity contribution in [2.24, 2.45) is 5.41 Å². The average Bonchev–Trinajstić information content (AvgIpc) is 3.08. The van der Waals surface area contributed by atoms with Crippen molar-refractivity contribution in [2.75, 3.05) is 32.8 Å². The number of rotatable bonds is 8. The lowest BCUT2D eigenvalue weighted by Crippen LogP contribution is -2.38. The number of tetrazole rings is 1. The van der Waals surface area contributed by atoms with Crippen LogP contribution in [0.5, 0.6) is 5.75 Å². The minimum atomic E-state index is -0.0674. The quantitative estimate of drug-likeness (QED) is 0.760. The van der Waals surface area contributed by atoms with Crippen LogP contribution in [0.15, 0.2) is 30.6 Å². The van der Waals surface area contributed by atoms with Crippen molar-refractivity contribution in [3.05, 3.63) is 30.6 Å². The van der Waals surface area contributed by atoms with Gasteiger partial charge >= 0.3 is 0 Å². The Morgan fingerprint density at radius 2 is 1.96 bits per heavy atom. The third-order valence-corrected chi connectivity index (χ3v) is 5.20. The van der Waals surface area contributed by atoms with E-state index in [0.717, 1.165) is 18.8 Å².